The number of carbonyl (C=O) groups is 2. The third-order valence-corrected chi connectivity index (χ3v) is 6.66. The zero-order valence-corrected chi connectivity index (χ0v) is 20.7. The van der Waals surface area contributed by atoms with E-state index >= 15 is 0 Å². The molecule has 1 unspecified atom stereocenters. The Labute approximate surface area is 202 Å². The number of methoxy groups -OCH3 is 1. The number of nitrogens with one attached hydrogen (secondary N) is 2. The molecule has 2 aliphatic heterocycles. The Morgan fingerprint density at radius 1 is 1.15 bits per heavy atom. The minimum absolute atomic E-state index is 0.0177. The van der Waals surface area contributed by atoms with Crippen LogP contribution in [0, 0.1) is 25.2 Å². The van der Waals surface area contributed by atoms with E-state index in [1.54, 1.807) is 7.11 Å². The topological polar surface area (TPSA) is 112 Å². The van der Waals surface area contributed by atoms with Gasteiger partial charge in [0.25, 0.3) is 0 Å². The van der Waals surface area contributed by atoms with Gasteiger partial charge in [-0.15, -0.1) is 0 Å². The fraction of sp³-hybridized carbons (Fsp3) is 0.708. The van der Waals surface area contributed by atoms with Crippen LogP contribution in [0.5, 0.6) is 0 Å². The fourth-order valence-corrected chi connectivity index (χ4v) is 4.53. The van der Waals surface area contributed by atoms with Crippen LogP contribution in [0.15, 0.2) is 0 Å². The van der Waals surface area contributed by atoms with Crippen molar-refractivity contribution in [3.8, 4) is 6.07 Å². The molecule has 3 heterocycles. The highest BCUT2D eigenvalue weighted by atomic mass is 16.5. The predicted molar refractivity (Wildman–Crippen MR) is 129 cm³/mol. The number of nitrogens with zero attached hydrogens (tertiary/aromatic N) is 4. The summed E-state index contributed by atoms with van der Waals surface area (Å²) in [5, 5.41) is 15.6. The van der Waals surface area contributed by atoms with Crippen LogP contribution in [0.3, 0.4) is 0 Å². The molecule has 0 bridgehead atoms. The molecule has 1 aromatic heterocycles. The van der Waals surface area contributed by atoms with Gasteiger partial charge in [0.2, 0.25) is 11.8 Å². The zero-order valence-electron chi connectivity index (χ0n) is 20.7. The molecule has 2 aliphatic rings. The van der Waals surface area contributed by atoms with Gasteiger partial charge < -0.3 is 24.7 Å². The maximum atomic E-state index is 12.9. The summed E-state index contributed by atoms with van der Waals surface area (Å²) in [7, 11) is 1.65. The highest BCUT2D eigenvalue weighted by Gasteiger charge is 2.25. The van der Waals surface area contributed by atoms with Gasteiger partial charge in [-0.3, -0.25) is 19.4 Å². The predicted octanol–water partition coefficient (Wildman–Crippen LogP) is 0.864. The molecule has 2 fully saturated rings. The number of amides is 2. The van der Waals surface area contributed by atoms with Crippen molar-refractivity contribution in [2.45, 2.75) is 45.8 Å². The number of rotatable bonds is 11. The molecule has 34 heavy (non-hydrogen) atoms. The van der Waals surface area contributed by atoms with Gasteiger partial charge in [-0.05, 0) is 38.7 Å². The lowest BCUT2D eigenvalue weighted by atomic mass is 10.2. The lowest BCUT2D eigenvalue weighted by Crippen LogP contribution is -2.51. The third kappa shape index (κ3) is 7.03. The van der Waals surface area contributed by atoms with E-state index in [0.29, 0.717) is 50.7 Å². The highest BCUT2D eigenvalue weighted by Crippen LogP contribution is 2.28. The maximum absolute atomic E-state index is 12.9. The van der Waals surface area contributed by atoms with Crippen molar-refractivity contribution in [3.05, 3.63) is 16.8 Å². The summed E-state index contributed by atoms with van der Waals surface area (Å²) in [4.78, 5) is 29.2. The van der Waals surface area contributed by atoms with Crippen molar-refractivity contribution in [2.75, 3.05) is 71.5 Å². The first-order valence-electron chi connectivity index (χ1n) is 12.1. The van der Waals surface area contributed by atoms with Crippen molar-refractivity contribution >= 4 is 17.6 Å². The number of anilines is 1. The quantitative estimate of drug-likeness (QED) is 0.458. The second-order valence-electron chi connectivity index (χ2n) is 9.09. The van der Waals surface area contributed by atoms with Crippen LogP contribution in [0.4, 0.5) is 5.82 Å². The Hall–Kier alpha value is -2.45. The van der Waals surface area contributed by atoms with E-state index in [-0.39, 0.29) is 24.5 Å². The van der Waals surface area contributed by atoms with Gasteiger partial charge >= 0.3 is 0 Å². The van der Waals surface area contributed by atoms with Gasteiger partial charge in [0.05, 0.1) is 31.3 Å². The number of hydrogen-bond acceptors (Lipinski definition) is 7. The molecule has 1 atom stereocenters. The summed E-state index contributed by atoms with van der Waals surface area (Å²) in [6.07, 6.45) is 2.94. The summed E-state index contributed by atoms with van der Waals surface area (Å²) >= 11 is 0. The minimum atomic E-state index is -0.132. The van der Waals surface area contributed by atoms with Crippen molar-refractivity contribution in [2.24, 2.45) is 0 Å². The average Bonchev–Trinajstić information content (AvgIpc) is 3.41. The van der Waals surface area contributed by atoms with E-state index in [2.05, 4.69) is 26.5 Å². The first-order valence-corrected chi connectivity index (χ1v) is 12.1. The summed E-state index contributed by atoms with van der Waals surface area (Å²) in [5.74, 6) is 0.456. The van der Waals surface area contributed by atoms with Crippen LogP contribution in [-0.4, -0.2) is 98.4 Å². The number of nitriles is 1. The first kappa shape index (κ1) is 26.2. The Morgan fingerprint density at radius 2 is 1.82 bits per heavy atom. The van der Waals surface area contributed by atoms with E-state index < -0.39 is 0 Å². The van der Waals surface area contributed by atoms with E-state index in [9.17, 15) is 14.9 Å². The van der Waals surface area contributed by atoms with E-state index in [4.69, 9.17) is 9.47 Å². The maximum Gasteiger partial charge on any atom is 0.239 e. The van der Waals surface area contributed by atoms with Crippen molar-refractivity contribution in [1.29, 1.82) is 5.26 Å². The summed E-state index contributed by atoms with van der Waals surface area (Å²) in [6, 6.07) is 2.26. The molecule has 2 N–H and O–H groups in total. The zero-order chi connectivity index (χ0) is 24.5. The third-order valence-electron chi connectivity index (χ3n) is 6.66. The Balaban J connectivity index is 1.49. The molecule has 10 nitrogen and oxygen atoms in total. The summed E-state index contributed by atoms with van der Waals surface area (Å²) < 4.78 is 12.8. The number of carbonyl (C=O) groups excluding carboxylic acids is 2. The van der Waals surface area contributed by atoms with E-state index in [1.165, 1.54) is 0 Å². The van der Waals surface area contributed by atoms with E-state index in [0.717, 1.165) is 50.2 Å². The number of aromatic nitrogens is 1. The second-order valence-corrected chi connectivity index (χ2v) is 9.09. The van der Waals surface area contributed by atoms with Gasteiger partial charge in [-0.2, -0.15) is 5.26 Å². The van der Waals surface area contributed by atoms with E-state index in [1.807, 2.05) is 18.4 Å². The molecule has 3 rings (SSSR count). The number of ether oxygens (including phenoxy) is 2. The SMILES string of the molecule is COCCCNC(=O)CN1CCN(CC(=O)Nc2c(C#N)c(C)c(C)n2CC2CCCO2)CC1. The standard InChI is InChI=1S/C24H38N6O4/c1-18-19(2)30(15-20-6-4-13-34-20)24(21(18)14-25)27-23(32)17-29-10-8-28(9-11-29)16-22(31)26-7-5-12-33-3/h20H,4-13,15-17H2,1-3H3,(H,26,31)(H,27,32). The Morgan fingerprint density at radius 3 is 2.41 bits per heavy atom. The molecule has 2 saturated heterocycles. The monoisotopic (exact) mass is 474 g/mol. The van der Waals surface area contributed by atoms with Gasteiger partial charge in [-0.25, -0.2) is 0 Å². The van der Waals surface area contributed by atoms with Crippen LogP contribution < -0.4 is 10.6 Å². The summed E-state index contributed by atoms with van der Waals surface area (Å²) in [5.41, 5.74) is 2.39. The van der Waals surface area contributed by atoms with Crippen LogP contribution in [0.1, 0.15) is 36.1 Å². The molecule has 188 valence electrons. The van der Waals surface area contributed by atoms with Gasteiger partial charge in [0.1, 0.15) is 11.9 Å². The fourth-order valence-electron chi connectivity index (χ4n) is 4.53. The van der Waals surface area contributed by atoms with Crippen LogP contribution >= 0.6 is 0 Å². The molecule has 0 aromatic carbocycles. The van der Waals surface area contributed by atoms with Crippen LogP contribution in [0.2, 0.25) is 0 Å². The molecular formula is C24H38N6O4. The molecule has 0 spiro atoms. The lowest BCUT2D eigenvalue weighted by molar-refractivity contribution is -0.123. The highest BCUT2D eigenvalue weighted by molar-refractivity contribution is 5.93. The molecule has 0 aliphatic carbocycles. The van der Waals surface area contributed by atoms with Crippen LogP contribution in [-0.2, 0) is 25.6 Å². The normalized spacial score (nSPS) is 19.2. The van der Waals surface area contributed by atoms with Crippen molar-refractivity contribution in [3.63, 3.8) is 0 Å². The molecule has 0 radical (unpaired) electrons. The summed E-state index contributed by atoms with van der Waals surface area (Å²) in [6.45, 7) is 10.1. The van der Waals surface area contributed by atoms with Gasteiger partial charge in [0.15, 0.2) is 0 Å². The Kier molecular flexibility index (Phi) is 9.89. The molecule has 0 saturated carbocycles. The first-order chi connectivity index (χ1) is 16.4. The molecule has 2 amide bonds. The second kappa shape index (κ2) is 12.9. The van der Waals surface area contributed by atoms with Crippen LogP contribution in [0.25, 0.3) is 0 Å². The smallest absolute Gasteiger partial charge is 0.239 e. The number of piperazine rings is 1. The van der Waals surface area contributed by atoms with Crippen molar-refractivity contribution < 1.29 is 19.1 Å². The molecular weight excluding hydrogens is 436 g/mol. The minimum Gasteiger partial charge on any atom is -0.385 e. The number of hydrogen-bond donors (Lipinski definition) is 2. The average molecular weight is 475 g/mol. The van der Waals surface area contributed by atoms with Gasteiger partial charge in [0, 0.05) is 58.7 Å². The Bertz CT molecular complexity index is 879. The van der Waals surface area contributed by atoms with Crippen molar-refractivity contribution in [1.82, 2.24) is 19.7 Å². The lowest BCUT2D eigenvalue weighted by Gasteiger charge is -2.33. The largest absolute Gasteiger partial charge is 0.385 e. The molecule has 10 heteroatoms. The molecule has 1 aromatic rings. The van der Waals surface area contributed by atoms with Gasteiger partial charge in [-0.1, -0.05) is 0 Å².